The van der Waals surface area contributed by atoms with Crippen molar-refractivity contribution in [3.8, 4) is 5.75 Å². The van der Waals surface area contributed by atoms with Gasteiger partial charge >= 0.3 is 5.97 Å². The van der Waals surface area contributed by atoms with E-state index in [1.165, 1.54) is 36.1 Å². The van der Waals surface area contributed by atoms with Crippen LogP contribution in [0.1, 0.15) is 58.3 Å². The number of aromatic carboxylic acids is 1. The van der Waals surface area contributed by atoms with Crippen molar-refractivity contribution in [3.63, 3.8) is 0 Å². The van der Waals surface area contributed by atoms with Crippen molar-refractivity contribution in [2.45, 2.75) is 38.1 Å². The number of carboxylic acid groups (broad SMARTS) is 1. The maximum atomic E-state index is 11.2. The minimum Gasteiger partial charge on any atom is -0.497 e. The fourth-order valence-corrected chi connectivity index (χ4v) is 4.62. The van der Waals surface area contributed by atoms with Crippen molar-refractivity contribution in [3.05, 3.63) is 58.7 Å². The summed E-state index contributed by atoms with van der Waals surface area (Å²) >= 11 is 0. The Morgan fingerprint density at radius 1 is 1.16 bits per heavy atom. The first-order valence-electron chi connectivity index (χ1n) is 8.87. The highest BCUT2D eigenvalue weighted by Crippen LogP contribution is 2.53. The second-order valence-electron chi connectivity index (χ2n) is 7.15. The molecule has 0 spiro atoms. The molecule has 2 aliphatic rings. The lowest BCUT2D eigenvalue weighted by Gasteiger charge is -2.38. The molecule has 3 atom stereocenters. The second kappa shape index (κ2) is 6.10. The fraction of sp³-hybridized carbons (Fsp3) is 0.381. The van der Waals surface area contributed by atoms with Gasteiger partial charge in [-0.05, 0) is 78.6 Å². The Balaban J connectivity index is 1.75. The SMILES string of the molecule is COc1ccc2c(c1)[C@@H]1CCC[C@@H]1[C@H](c1ccc(C(=O)O)cc1C)N2. The Morgan fingerprint density at radius 3 is 2.72 bits per heavy atom. The van der Waals surface area contributed by atoms with Crippen molar-refractivity contribution in [1.29, 1.82) is 0 Å². The summed E-state index contributed by atoms with van der Waals surface area (Å²) in [6.45, 7) is 2.01. The lowest BCUT2D eigenvalue weighted by atomic mass is 9.76. The van der Waals surface area contributed by atoms with Gasteiger partial charge in [0, 0.05) is 5.69 Å². The van der Waals surface area contributed by atoms with Gasteiger partial charge in [0.1, 0.15) is 5.75 Å². The molecule has 0 bridgehead atoms. The van der Waals surface area contributed by atoms with Gasteiger partial charge in [0.15, 0.2) is 0 Å². The molecule has 4 rings (SSSR count). The zero-order valence-electron chi connectivity index (χ0n) is 14.6. The predicted molar refractivity (Wildman–Crippen MR) is 97.6 cm³/mol. The highest BCUT2D eigenvalue weighted by atomic mass is 16.5. The lowest BCUT2D eigenvalue weighted by Crippen LogP contribution is -2.29. The van der Waals surface area contributed by atoms with E-state index in [1.54, 1.807) is 19.2 Å². The van der Waals surface area contributed by atoms with Crippen LogP contribution in [0.5, 0.6) is 5.75 Å². The van der Waals surface area contributed by atoms with Gasteiger partial charge in [0.05, 0.1) is 18.7 Å². The van der Waals surface area contributed by atoms with Crippen LogP contribution in [0.3, 0.4) is 0 Å². The summed E-state index contributed by atoms with van der Waals surface area (Å²) < 4.78 is 5.41. The van der Waals surface area contributed by atoms with Crippen LogP contribution in [0, 0.1) is 12.8 Å². The van der Waals surface area contributed by atoms with E-state index < -0.39 is 5.97 Å². The maximum absolute atomic E-state index is 11.2. The Labute approximate surface area is 147 Å². The van der Waals surface area contributed by atoms with Crippen LogP contribution in [0.25, 0.3) is 0 Å². The third kappa shape index (κ3) is 2.66. The molecule has 1 saturated carbocycles. The van der Waals surface area contributed by atoms with Crippen LogP contribution in [0.2, 0.25) is 0 Å². The molecule has 4 nitrogen and oxygen atoms in total. The van der Waals surface area contributed by atoms with Gasteiger partial charge in [-0.2, -0.15) is 0 Å². The van der Waals surface area contributed by atoms with E-state index in [-0.39, 0.29) is 6.04 Å². The van der Waals surface area contributed by atoms with Crippen LogP contribution in [-0.4, -0.2) is 18.2 Å². The quantitative estimate of drug-likeness (QED) is 0.848. The Hall–Kier alpha value is -2.49. The molecular weight excluding hydrogens is 314 g/mol. The highest BCUT2D eigenvalue weighted by molar-refractivity contribution is 5.88. The summed E-state index contributed by atoms with van der Waals surface area (Å²) in [6, 6.07) is 12.0. The first kappa shape index (κ1) is 16.0. The van der Waals surface area contributed by atoms with E-state index in [1.807, 2.05) is 19.1 Å². The largest absolute Gasteiger partial charge is 0.497 e. The molecule has 0 saturated heterocycles. The van der Waals surface area contributed by atoms with Gasteiger partial charge in [0.2, 0.25) is 0 Å². The number of aryl methyl sites for hydroxylation is 1. The number of ether oxygens (including phenoxy) is 1. The molecule has 1 fully saturated rings. The van der Waals surface area contributed by atoms with Gasteiger partial charge in [0.25, 0.3) is 0 Å². The third-order valence-corrected chi connectivity index (χ3v) is 5.82. The number of carboxylic acids is 1. The molecule has 2 aromatic rings. The van der Waals surface area contributed by atoms with Gasteiger partial charge < -0.3 is 15.2 Å². The second-order valence-corrected chi connectivity index (χ2v) is 7.15. The molecule has 1 heterocycles. The van der Waals surface area contributed by atoms with Crippen LogP contribution in [0.4, 0.5) is 5.69 Å². The van der Waals surface area contributed by atoms with Crippen LogP contribution in [-0.2, 0) is 0 Å². The van der Waals surface area contributed by atoms with Gasteiger partial charge in [-0.25, -0.2) is 4.79 Å². The normalized spacial score (nSPS) is 24.2. The number of anilines is 1. The maximum Gasteiger partial charge on any atom is 0.335 e. The molecule has 25 heavy (non-hydrogen) atoms. The van der Waals surface area contributed by atoms with E-state index in [4.69, 9.17) is 4.74 Å². The summed E-state index contributed by atoms with van der Waals surface area (Å²) in [5, 5.41) is 12.9. The highest BCUT2D eigenvalue weighted by Gasteiger charge is 2.40. The van der Waals surface area contributed by atoms with Crippen molar-refractivity contribution >= 4 is 11.7 Å². The monoisotopic (exact) mass is 337 g/mol. The molecular formula is C21H23NO3. The minimum absolute atomic E-state index is 0.233. The molecule has 1 aliphatic carbocycles. The van der Waals surface area contributed by atoms with E-state index >= 15 is 0 Å². The molecule has 2 N–H and O–H groups in total. The summed E-state index contributed by atoms with van der Waals surface area (Å²) in [6.07, 6.45) is 3.63. The number of benzene rings is 2. The first-order chi connectivity index (χ1) is 12.1. The van der Waals surface area contributed by atoms with E-state index in [0.29, 0.717) is 17.4 Å². The molecule has 0 unspecified atom stereocenters. The fourth-order valence-electron chi connectivity index (χ4n) is 4.62. The smallest absolute Gasteiger partial charge is 0.335 e. The molecule has 0 amide bonds. The zero-order chi connectivity index (χ0) is 17.6. The summed E-state index contributed by atoms with van der Waals surface area (Å²) in [4.78, 5) is 11.2. The van der Waals surface area contributed by atoms with Crippen molar-refractivity contribution in [2.75, 3.05) is 12.4 Å². The average Bonchev–Trinajstić information content (AvgIpc) is 3.10. The standard InChI is InChI=1S/C21H23NO3/c1-12-10-13(21(23)24)6-8-15(12)20-17-5-3-4-16(17)18-11-14(25-2)7-9-19(18)22-20/h6-11,16-17,20,22H,3-5H2,1-2H3,(H,23,24)/t16-,17+,20+/m1/s1. The van der Waals surface area contributed by atoms with Crippen LogP contribution < -0.4 is 10.1 Å². The zero-order valence-corrected chi connectivity index (χ0v) is 14.6. The van der Waals surface area contributed by atoms with Crippen molar-refractivity contribution < 1.29 is 14.6 Å². The molecule has 2 aromatic carbocycles. The molecule has 1 aliphatic heterocycles. The van der Waals surface area contributed by atoms with E-state index in [9.17, 15) is 9.90 Å². The first-order valence-corrected chi connectivity index (χ1v) is 8.87. The minimum atomic E-state index is -0.873. The van der Waals surface area contributed by atoms with Crippen molar-refractivity contribution in [1.82, 2.24) is 0 Å². The van der Waals surface area contributed by atoms with Gasteiger partial charge in [-0.1, -0.05) is 12.5 Å². The van der Waals surface area contributed by atoms with Crippen LogP contribution >= 0.6 is 0 Å². The summed E-state index contributed by atoms with van der Waals surface area (Å²) in [5.41, 5.74) is 5.14. The number of methoxy groups -OCH3 is 1. The summed E-state index contributed by atoms with van der Waals surface area (Å²) in [7, 11) is 1.71. The molecule has 130 valence electrons. The Morgan fingerprint density at radius 2 is 2.00 bits per heavy atom. The topological polar surface area (TPSA) is 58.6 Å². The number of rotatable bonds is 3. The number of fused-ring (bicyclic) bond motifs is 3. The molecule has 0 radical (unpaired) electrons. The third-order valence-electron chi connectivity index (χ3n) is 5.82. The van der Waals surface area contributed by atoms with E-state index in [2.05, 4.69) is 17.4 Å². The van der Waals surface area contributed by atoms with Crippen LogP contribution in [0.15, 0.2) is 36.4 Å². The summed E-state index contributed by atoms with van der Waals surface area (Å²) in [5.74, 6) is 1.11. The predicted octanol–water partition coefficient (Wildman–Crippen LogP) is 4.75. The van der Waals surface area contributed by atoms with Gasteiger partial charge in [-0.3, -0.25) is 0 Å². The Bertz CT molecular complexity index is 830. The van der Waals surface area contributed by atoms with E-state index in [0.717, 1.165) is 11.3 Å². The number of nitrogens with one attached hydrogen (secondary N) is 1. The van der Waals surface area contributed by atoms with Crippen molar-refractivity contribution in [2.24, 2.45) is 5.92 Å². The van der Waals surface area contributed by atoms with Gasteiger partial charge in [-0.15, -0.1) is 0 Å². The molecule has 4 heteroatoms. The lowest BCUT2D eigenvalue weighted by molar-refractivity contribution is 0.0696. The number of hydrogen-bond donors (Lipinski definition) is 2. The molecule has 0 aromatic heterocycles. The average molecular weight is 337 g/mol. The Kier molecular flexibility index (Phi) is 3.91. The number of hydrogen-bond acceptors (Lipinski definition) is 3. The number of carbonyl (C=O) groups is 1.